The van der Waals surface area contributed by atoms with Gasteiger partial charge in [0.05, 0.1) is 5.69 Å². The molecule has 2 aromatic rings. The SMILES string of the molecule is CC(O)NCC1CCN(c2nc(-c3ccc4c(c3)C(C)(C)CCC4(C)C)cs2)CC1. The number of nitrogens with zero attached hydrogens (tertiary/aromatic N) is 2. The molecular formula is C25H37N3OS. The van der Waals surface area contributed by atoms with Crippen LogP contribution in [-0.2, 0) is 10.8 Å². The number of anilines is 1. The maximum atomic E-state index is 9.43. The van der Waals surface area contributed by atoms with Gasteiger partial charge in [0.25, 0.3) is 0 Å². The van der Waals surface area contributed by atoms with E-state index in [1.807, 2.05) is 0 Å². The third-order valence-electron chi connectivity index (χ3n) is 7.23. The highest BCUT2D eigenvalue weighted by Crippen LogP contribution is 2.47. The van der Waals surface area contributed by atoms with Gasteiger partial charge in [-0.15, -0.1) is 11.3 Å². The lowest BCUT2D eigenvalue weighted by Gasteiger charge is -2.42. The van der Waals surface area contributed by atoms with E-state index >= 15 is 0 Å². The van der Waals surface area contributed by atoms with Crippen molar-refractivity contribution >= 4 is 16.5 Å². The molecular weight excluding hydrogens is 390 g/mol. The predicted octanol–water partition coefficient (Wildman–Crippen LogP) is 5.30. The lowest BCUT2D eigenvalue weighted by molar-refractivity contribution is 0.147. The second kappa shape index (κ2) is 8.25. The van der Waals surface area contributed by atoms with Gasteiger partial charge in [-0.25, -0.2) is 4.98 Å². The highest BCUT2D eigenvalue weighted by Gasteiger charge is 2.37. The molecule has 2 aliphatic rings. The minimum absolute atomic E-state index is 0.224. The molecule has 1 aromatic heterocycles. The summed E-state index contributed by atoms with van der Waals surface area (Å²) < 4.78 is 0. The lowest BCUT2D eigenvalue weighted by atomic mass is 9.63. The summed E-state index contributed by atoms with van der Waals surface area (Å²) in [6.07, 6.45) is 4.36. The number of thiazole rings is 1. The Kier molecular flexibility index (Phi) is 5.99. The van der Waals surface area contributed by atoms with E-state index in [-0.39, 0.29) is 10.8 Å². The molecule has 1 aliphatic carbocycles. The first-order chi connectivity index (χ1) is 14.2. The van der Waals surface area contributed by atoms with Gasteiger partial charge < -0.3 is 10.0 Å². The summed E-state index contributed by atoms with van der Waals surface area (Å²) in [5.41, 5.74) is 5.83. The van der Waals surface area contributed by atoms with Crippen molar-refractivity contribution in [3.05, 3.63) is 34.7 Å². The molecule has 4 nitrogen and oxygen atoms in total. The van der Waals surface area contributed by atoms with E-state index in [9.17, 15) is 5.11 Å². The van der Waals surface area contributed by atoms with Crippen LogP contribution in [0.4, 0.5) is 5.13 Å². The van der Waals surface area contributed by atoms with Crippen LogP contribution >= 0.6 is 11.3 Å². The van der Waals surface area contributed by atoms with Crippen LogP contribution in [0.2, 0.25) is 0 Å². The Balaban J connectivity index is 1.49. The number of benzene rings is 1. The summed E-state index contributed by atoms with van der Waals surface area (Å²) in [4.78, 5) is 7.45. The number of fused-ring (bicyclic) bond motifs is 1. The molecule has 1 aromatic carbocycles. The van der Waals surface area contributed by atoms with Gasteiger partial charge in [-0.2, -0.15) is 0 Å². The fraction of sp³-hybridized carbons (Fsp3) is 0.640. The van der Waals surface area contributed by atoms with Crippen LogP contribution in [0.5, 0.6) is 0 Å². The number of hydrogen-bond donors (Lipinski definition) is 2. The first kappa shape index (κ1) is 21.8. The molecule has 0 radical (unpaired) electrons. The number of aromatic nitrogens is 1. The molecule has 1 atom stereocenters. The molecule has 2 N–H and O–H groups in total. The van der Waals surface area contributed by atoms with Crippen LogP contribution < -0.4 is 10.2 Å². The second-order valence-electron chi connectivity index (χ2n) is 10.6. The second-order valence-corrected chi connectivity index (χ2v) is 11.4. The van der Waals surface area contributed by atoms with Crippen LogP contribution in [0.25, 0.3) is 11.3 Å². The van der Waals surface area contributed by atoms with Crippen molar-refractivity contribution < 1.29 is 5.11 Å². The molecule has 2 heterocycles. The maximum Gasteiger partial charge on any atom is 0.185 e. The average molecular weight is 428 g/mol. The summed E-state index contributed by atoms with van der Waals surface area (Å²) in [7, 11) is 0. The third-order valence-corrected chi connectivity index (χ3v) is 8.13. The lowest BCUT2D eigenvalue weighted by Crippen LogP contribution is -2.39. The van der Waals surface area contributed by atoms with Gasteiger partial charge in [-0.05, 0) is 66.5 Å². The summed E-state index contributed by atoms with van der Waals surface area (Å²) in [5.74, 6) is 0.640. The van der Waals surface area contributed by atoms with Gasteiger partial charge in [0.1, 0.15) is 6.23 Å². The van der Waals surface area contributed by atoms with Crippen LogP contribution in [0.3, 0.4) is 0 Å². The van der Waals surface area contributed by atoms with Gasteiger partial charge >= 0.3 is 0 Å². The number of nitrogens with one attached hydrogen (secondary N) is 1. The number of rotatable bonds is 5. The third kappa shape index (κ3) is 4.44. The maximum absolute atomic E-state index is 9.43. The summed E-state index contributed by atoms with van der Waals surface area (Å²) >= 11 is 1.77. The number of aliphatic hydroxyl groups excluding tert-OH is 1. The Labute approximate surface area is 185 Å². The Morgan fingerprint density at radius 3 is 2.47 bits per heavy atom. The van der Waals surface area contributed by atoms with Gasteiger partial charge in [0.2, 0.25) is 0 Å². The number of hydrogen-bond acceptors (Lipinski definition) is 5. The van der Waals surface area contributed by atoms with Gasteiger partial charge in [0.15, 0.2) is 5.13 Å². The van der Waals surface area contributed by atoms with E-state index in [0.29, 0.717) is 5.92 Å². The summed E-state index contributed by atoms with van der Waals surface area (Å²) in [5, 5.41) is 15.9. The van der Waals surface area contributed by atoms with Crippen LogP contribution in [0.1, 0.15) is 71.4 Å². The molecule has 1 saturated heterocycles. The monoisotopic (exact) mass is 427 g/mol. The van der Waals surface area contributed by atoms with Crippen molar-refractivity contribution in [1.82, 2.24) is 10.3 Å². The van der Waals surface area contributed by atoms with Gasteiger partial charge in [-0.3, -0.25) is 5.32 Å². The number of aliphatic hydroxyl groups is 1. The topological polar surface area (TPSA) is 48.4 Å². The predicted molar refractivity (Wildman–Crippen MR) is 127 cm³/mol. The molecule has 164 valence electrons. The van der Waals surface area contributed by atoms with E-state index < -0.39 is 6.23 Å². The van der Waals surface area contributed by atoms with E-state index in [0.717, 1.165) is 43.3 Å². The van der Waals surface area contributed by atoms with E-state index in [4.69, 9.17) is 4.98 Å². The van der Waals surface area contributed by atoms with E-state index in [1.165, 1.54) is 29.5 Å². The number of piperidine rings is 1. The summed E-state index contributed by atoms with van der Waals surface area (Å²) in [6.45, 7) is 14.3. The smallest absolute Gasteiger partial charge is 0.185 e. The minimum Gasteiger partial charge on any atom is -0.379 e. The molecule has 1 fully saturated rings. The molecule has 0 saturated carbocycles. The highest BCUT2D eigenvalue weighted by molar-refractivity contribution is 7.14. The van der Waals surface area contributed by atoms with Crippen LogP contribution in [0, 0.1) is 5.92 Å². The van der Waals surface area contributed by atoms with Crippen LogP contribution in [0.15, 0.2) is 23.6 Å². The molecule has 0 bridgehead atoms. The van der Waals surface area contributed by atoms with Crippen molar-refractivity contribution in [2.75, 3.05) is 24.5 Å². The molecule has 30 heavy (non-hydrogen) atoms. The fourth-order valence-electron chi connectivity index (χ4n) is 4.96. The van der Waals surface area contributed by atoms with E-state index in [2.05, 4.69) is 61.5 Å². The molecule has 0 spiro atoms. The first-order valence-corrected chi connectivity index (χ1v) is 12.3. The van der Waals surface area contributed by atoms with Crippen molar-refractivity contribution in [2.24, 2.45) is 5.92 Å². The zero-order chi connectivity index (χ0) is 21.5. The van der Waals surface area contributed by atoms with Crippen molar-refractivity contribution in [1.29, 1.82) is 0 Å². The zero-order valence-corrected chi connectivity index (χ0v) is 20.0. The highest BCUT2D eigenvalue weighted by atomic mass is 32.1. The van der Waals surface area contributed by atoms with Crippen molar-refractivity contribution in [2.45, 2.75) is 77.4 Å². The normalized spacial score (nSPS) is 22.0. The van der Waals surface area contributed by atoms with Crippen molar-refractivity contribution in [3.8, 4) is 11.3 Å². The largest absolute Gasteiger partial charge is 0.379 e. The van der Waals surface area contributed by atoms with E-state index in [1.54, 1.807) is 18.3 Å². The Morgan fingerprint density at radius 1 is 1.13 bits per heavy atom. The minimum atomic E-state index is -0.420. The zero-order valence-electron chi connectivity index (χ0n) is 19.2. The first-order valence-electron chi connectivity index (χ1n) is 11.4. The molecule has 0 amide bonds. The molecule has 1 aliphatic heterocycles. The molecule has 1 unspecified atom stereocenters. The van der Waals surface area contributed by atoms with Gasteiger partial charge in [0, 0.05) is 30.6 Å². The standard InChI is InChI=1S/C25H37N3OS/c1-17(29)26-15-18-8-12-28(13-9-18)23-27-22(16-30-23)19-6-7-20-21(14-19)25(4,5)11-10-24(20,2)3/h6-7,14,16-18,26,29H,8-13,15H2,1-5H3. The average Bonchev–Trinajstić information content (AvgIpc) is 3.20. The summed E-state index contributed by atoms with van der Waals surface area (Å²) in [6, 6.07) is 7.03. The molecule has 5 heteroatoms. The fourth-order valence-corrected chi connectivity index (χ4v) is 5.84. The van der Waals surface area contributed by atoms with Crippen LogP contribution in [-0.4, -0.2) is 36.0 Å². The van der Waals surface area contributed by atoms with Crippen molar-refractivity contribution in [3.63, 3.8) is 0 Å². The Morgan fingerprint density at radius 2 is 1.80 bits per heavy atom. The Hall–Kier alpha value is -1.43. The molecule has 4 rings (SSSR count). The Bertz CT molecular complexity index is 878. The quantitative estimate of drug-likeness (QED) is 0.636. The van der Waals surface area contributed by atoms with Gasteiger partial charge in [-0.1, -0.05) is 39.8 Å².